The summed E-state index contributed by atoms with van der Waals surface area (Å²) in [6.45, 7) is 9.51. The van der Waals surface area contributed by atoms with E-state index in [4.69, 9.17) is 10.5 Å². The van der Waals surface area contributed by atoms with Gasteiger partial charge in [-0.25, -0.2) is 0 Å². The molecule has 1 fully saturated rings. The lowest BCUT2D eigenvalue weighted by Gasteiger charge is -2.35. The van der Waals surface area contributed by atoms with E-state index >= 15 is 0 Å². The minimum Gasteiger partial charge on any atom is -0.373 e. The van der Waals surface area contributed by atoms with Crippen molar-refractivity contribution in [3.63, 3.8) is 0 Å². The van der Waals surface area contributed by atoms with E-state index in [1.807, 2.05) is 6.92 Å². The number of halogens is 2. The minimum absolute atomic E-state index is 0. The van der Waals surface area contributed by atoms with Gasteiger partial charge in [-0.1, -0.05) is 24.3 Å². The lowest BCUT2D eigenvalue weighted by atomic mass is 10.1. The predicted molar refractivity (Wildman–Crippen MR) is 106 cm³/mol. The summed E-state index contributed by atoms with van der Waals surface area (Å²) in [5, 5.41) is 2.90. The first-order chi connectivity index (χ1) is 10.9. The zero-order chi connectivity index (χ0) is 16.8. The van der Waals surface area contributed by atoms with Gasteiger partial charge in [-0.05, 0) is 31.9 Å². The molecule has 0 spiro atoms. The SMILES string of the molecule is CC(N)CC(=O)NCc1ccc(CN2CC(C)OC(C)C2)cc1.Cl.Cl. The van der Waals surface area contributed by atoms with Gasteiger partial charge in [0.25, 0.3) is 0 Å². The highest BCUT2D eigenvalue weighted by Crippen LogP contribution is 2.14. The van der Waals surface area contributed by atoms with Crippen LogP contribution in [0.3, 0.4) is 0 Å². The third-order valence-electron chi connectivity index (χ3n) is 3.92. The molecule has 1 amide bonds. The Morgan fingerprint density at radius 3 is 2.24 bits per heavy atom. The second-order valence-corrected chi connectivity index (χ2v) is 6.73. The van der Waals surface area contributed by atoms with Gasteiger partial charge in [0.05, 0.1) is 12.2 Å². The normalized spacial score (nSPS) is 21.6. The van der Waals surface area contributed by atoms with Crippen molar-refractivity contribution >= 4 is 30.7 Å². The number of ether oxygens (including phenoxy) is 1. The summed E-state index contributed by atoms with van der Waals surface area (Å²) in [6, 6.07) is 8.33. The van der Waals surface area contributed by atoms with Gasteiger partial charge in [0, 0.05) is 38.6 Å². The molecule has 1 aliphatic rings. The van der Waals surface area contributed by atoms with Gasteiger partial charge in [-0.15, -0.1) is 24.8 Å². The molecule has 1 heterocycles. The van der Waals surface area contributed by atoms with Gasteiger partial charge >= 0.3 is 0 Å². The average molecular weight is 392 g/mol. The molecule has 3 N–H and O–H groups in total. The fraction of sp³-hybridized carbons (Fsp3) is 0.611. The smallest absolute Gasteiger partial charge is 0.221 e. The van der Waals surface area contributed by atoms with Gasteiger partial charge in [-0.3, -0.25) is 9.69 Å². The average Bonchev–Trinajstić information content (AvgIpc) is 2.45. The number of morpholine rings is 1. The first-order valence-corrected chi connectivity index (χ1v) is 8.40. The summed E-state index contributed by atoms with van der Waals surface area (Å²) in [7, 11) is 0. The monoisotopic (exact) mass is 391 g/mol. The summed E-state index contributed by atoms with van der Waals surface area (Å²) < 4.78 is 5.76. The number of nitrogens with one attached hydrogen (secondary N) is 1. The number of benzene rings is 1. The van der Waals surface area contributed by atoms with E-state index in [-0.39, 0.29) is 49.0 Å². The molecular weight excluding hydrogens is 361 g/mol. The molecule has 0 bridgehead atoms. The molecule has 144 valence electrons. The second-order valence-electron chi connectivity index (χ2n) is 6.73. The van der Waals surface area contributed by atoms with Gasteiger partial charge < -0.3 is 15.8 Å². The predicted octanol–water partition coefficient (Wildman–Crippen LogP) is 2.49. The number of rotatable bonds is 6. The van der Waals surface area contributed by atoms with Crippen LogP contribution in [0.1, 0.15) is 38.3 Å². The maximum atomic E-state index is 11.6. The Bertz CT molecular complexity index is 502. The van der Waals surface area contributed by atoms with Crippen LogP contribution < -0.4 is 11.1 Å². The van der Waals surface area contributed by atoms with Crippen molar-refractivity contribution in [2.75, 3.05) is 13.1 Å². The van der Waals surface area contributed by atoms with E-state index < -0.39 is 0 Å². The number of carbonyl (C=O) groups is 1. The van der Waals surface area contributed by atoms with Crippen LogP contribution in [0.25, 0.3) is 0 Å². The lowest BCUT2D eigenvalue weighted by molar-refractivity contribution is -0.121. The second kappa shape index (κ2) is 11.7. The topological polar surface area (TPSA) is 67.6 Å². The highest BCUT2D eigenvalue weighted by atomic mass is 35.5. The van der Waals surface area contributed by atoms with Crippen molar-refractivity contribution in [2.45, 2.75) is 58.5 Å². The molecule has 1 aromatic carbocycles. The van der Waals surface area contributed by atoms with Gasteiger partial charge in [0.15, 0.2) is 0 Å². The van der Waals surface area contributed by atoms with Crippen LogP contribution in [0.2, 0.25) is 0 Å². The molecule has 3 unspecified atom stereocenters. The van der Waals surface area contributed by atoms with Crippen molar-refractivity contribution in [1.82, 2.24) is 10.2 Å². The van der Waals surface area contributed by atoms with Crippen molar-refractivity contribution in [3.8, 4) is 0 Å². The maximum Gasteiger partial charge on any atom is 0.221 e. The molecule has 3 atom stereocenters. The number of carbonyl (C=O) groups excluding carboxylic acids is 1. The Hall–Kier alpha value is -0.850. The minimum atomic E-state index is -0.101. The number of nitrogens with zero attached hydrogens (tertiary/aromatic N) is 1. The molecule has 0 saturated carbocycles. The molecule has 2 rings (SSSR count). The largest absolute Gasteiger partial charge is 0.373 e. The van der Waals surface area contributed by atoms with E-state index in [0.717, 1.165) is 25.2 Å². The first-order valence-electron chi connectivity index (χ1n) is 8.40. The van der Waals surface area contributed by atoms with E-state index in [0.29, 0.717) is 13.0 Å². The Morgan fingerprint density at radius 1 is 1.20 bits per heavy atom. The summed E-state index contributed by atoms with van der Waals surface area (Å²) in [5.41, 5.74) is 8.01. The molecule has 1 aromatic rings. The van der Waals surface area contributed by atoms with Crippen LogP contribution in [-0.4, -0.2) is 42.1 Å². The number of nitrogens with two attached hydrogens (primary N) is 1. The molecule has 0 aliphatic carbocycles. The molecule has 1 aliphatic heterocycles. The van der Waals surface area contributed by atoms with Crippen LogP contribution >= 0.6 is 24.8 Å². The molecule has 0 aromatic heterocycles. The van der Waals surface area contributed by atoms with Crippen LogP contribution in [0.4, 0.5) is 0 Å². The third kappa shape index (κ3) is 8.88. The van der Waals surface area contributed by atoms with Crippen molar-refractivity contribution < 1.29 is 9.53 Å². The van der Waals surface area contributed by atoms with Crippen LogP contribution in [0.5, 0.6) is 0 Å². The van der Waals surface area contributed by atoms with E-state index in [1.165, 1.54) is 5.56 Å². The molecule has 1 saturated heterocycles. The number of hydrogen-bond donors (Lipinski definition) is 2. The fourth-order valence-electron chi connectivity index (χ4n) is 3.00. The summed E-state index contributed by atoms with van der Waals surface area (Å²) >= 11 is 0. The highest BCUT2D eigenvalue weighted by Gasteiger charge is 2.21. The standard InChI is InChI=1S/C18H29N3O2.2ClH/c1-13(19)8-18(22)20-9-16-4-6-17(7-5-16)12-21-10-14(2)23-15(3)11-21;;/h4-7,13-15H,8-12,19H2,1-3H3,(H,20,22);2*1H. The van der Waals surface area contributed by atoms with Crippen LogP contribution in [0, 0.1) is 0 Å². The van der Waals surface area contributed by atoms with E-state index in [2.05, 4.69) is 48.3 Å². The molecular formula is C18H31Cl2N3O2. The zero-order valence-corrected chi connectivity index (χ0v) is 16.9. The zero-order valence-electron chi connectivity index (χ0n) is 15.2. The fourth-order valence-corrected chi connectivity index (χ4v) is 3.00. The van der Waals surface area contributed by atoms with Gasteiger partial charge in [0.2, 0.25) is 5.91 Å². The van der Waals surface area contributed by atoms with Crippen molar-refractivity contribution in [2.24, 2.45) is 5.73 Å². The maximum absolute atomic E-state index is 11.6. The Morgan fingerprint density at radius 2 is 1.72 bits per heavy atom. The van der Waals surface area contributed by atoms with E-state index in [9.17, 15) is 4.79 Å². The van der Waals surface area contributed by atoms with Crippen LogP contribution in [-0.2, 0) is 22.6 Å². The lowest BCUT2D eigenvalue weighted by Crippen LogP contribution is -2.44. The first kappa shape index (κ1) is 24.1. The summed E-state index contributed by atoms with van der Waals surface area (Å²) in [4.78, 5) is 14.0. The van der Waals surface area contributed by atoms with Crippen molar-refractivity contribution in [3.05, 3.63) is 35.4 Å². The molecule has 25 heavy (non-hydrogen) atoms. The van der Waals surface area contributed by atoms with Gasteiger partial charge in [0.1, 0.15) is 0 Å². The third-order valence-corrected chi connectivity index (χ3v) is 3.92. The Kier molecular flexibility index (Phi) is 11.3. The summed E-state index contributed by atoms with van der Waals surface area (Å²) in [5.74, 6) is 0.000341. The molecule has 7 heteroatoms. The number of amides is 1. The van der Waals surface area contributed by atoms with Crippen LogP contribution in [0.15, 0.2) is 24.3 Å². The highest BCUT2D eigenvalue weighted by molar-refractivity contribution is 5.85. The Labute approximate surface area is 163 Å². The summed E-state index contributed by atoms with van der Waals surface area (Å²) in [6.07, 6.45) is 0.947. The van der Waals surface area contributed by atoms with E-state index in [1.54, 1.807) is 0 Å². The van der Waals surface area contributed by atoms with Crippen molar-refractivity contribution in [1.29, 1.82) is 0 Å². The quantitative estimate of drug-likeness (QED) is 0.781. The molecule has 0 radical (unpaired) electrons. The molecule has 5 nitrogen and oxygen atoms in total. The number of hydrogen-bond acceptors (Lipinski definition) is 4. The van der Waals surface area contributed by atoms with Gasteiger partial charge in [-0.2, -0.15) is 0 Å². The Balaban J connectivity index is 0.00000288.